The number of hydrogen-bond acceptors (Lipinski definition) is 7. The summed E-state index contributed by atoms with van der Waals surface area (Å²) in [5.74, 6) is 0.721. The fraction of sp³-hybridized carbons (Fsp3) is 0.280. The molecule has 0 fully saturated rings. The molecule has 0 amide bonds. The molecule has 2 aromatic heterocycles. The fourth-order valence-corrected chi connectivity index (χ4v) is 3.80. The van der Waals surface area contributed by atoms with Gasteiger partial charge in [0.05, 0.1) is 5.69 Å². The predicted octanol–water partition coefficient (Wildman–Crippen LogP) is 5.25. The molecule has 2 heterocycles. The van der Waals surface area contributed by atoms with Gasteiger partial charge in [0, 0.05) is 12.0 Å². The van der Waals surface area contributed by atoms with Crippen LogP contribution in [-0.2, 0) is 19.3 Å². The monoisotopic (exact) mass is 447 g/mol. The van der Waals surface area contributed by atoms with Crippen LogP contribution in [0.4, 0.5) is 0 Å². The number of aromatic nitrogens is 2. The maximum Gasteiger partial charge on any atom is 0.419 e. The first-order chi connectivity index (χ1) is 16.0. The number of aromatic hydroxyl groups is 1. The molecule has 0 saturated heterocycles. The quantitative estimate of drug-likeness (QED) is 0.320. The topological polar surface area (TPSA) is 122 Å². The molecule has 4 rings (SSSR count). The zero-order valence-electron chi connectivity index (χ0n) is 18.3. The number of nitrogens with one attached hydrogen (secondary N) is 1. The zero-order valence-corrected chi connectivity index (χ0v) is 18.3. The Bertz CT molecular complexity index is 1260. The van der Waals surface area contributed by atoms with Crippen molar-refractivity contribution in [3.63, 3.8) is 0 Å². The van der Waals surface area contributed by atoms with Gasteiger partial charge in [-0.15, -0.1) is 0 Å². The van der Waals surface area contributed by atoms with Crippen LogP contribution in [0.5, 0.6) is 5.88 Å². The molecule has 0 aliphatic carbocycles. The van der Waals surface area contributed by atoms with Crippen LogP contribution in [0.25, 0.3) is 11.5 Å². The summed E-state index contributed by atoms with van der Waals surface area (Å²) in [5.41, 5.74) is 3.69. The van der Waals surface area contributed by atoms with Gasteiger partial charge < -0.3 is 13.9 Å². The Balaban J connectivity index is 1.33. The molecule has 8 heteroatoms. The van der Waals surface area contributed by atoms with Gasteiger partial charge in [0.2, 0.25) is 11.8 Å². The largest absolute Gasteiger partial charge is 0.492 e. The van der Waals surface area contributed by atoms with Crippen LogP contribution in [0.15, 0.2) is 73.4 Å². The van der Waals surface area contributed by atoms with E-state index >= 15 is 0 Å². The van der Waals surface area contributed by atoms with Gasteiger partial charge in [-0.05, 0) is 55.9 Å². The molecule has 1 atom stereocenters. The van der Waals surface area contributed by atoms with Crippen molar-refractivity contribution >= 4 is 0 Å². The lowest BCUT2D eigenvalue weighted by molar-refractivity contribution is 0.417. The number of aryl methyl sites for hydroxylation is 4. The molecule has 2 aromatic carbocycles. The maximum absolute atomic E-state index is 11.5. The average Bonchev–Trinajstić information content (AvgIpc) is 3.36. The number of nitrogens with zero attached hydrogens (tertiary/aromatic N) is 2. The number of benzene rings is 2. The molecule has 1 unspecified atom stereocenters. The van der Waals surface area contributed by atoms with Crippen molar-refractivity contribution in [1.29, 1.82) is 0 Å². The normalized spacial score (nSPS) is 12.0. The summed E-state index contributed by atoms with van der Waals surface area (Å²) >= 11 is 0. The average molecular weight is 447 g/mol. The highest BCUT2D eigenvalue weighted by Gasteiger charge is 2.16. The van der Waals surface area contributed by atoms with E-state index in [0.29, 0.717) is 31.6 Å². The van der Waals surface area contributed by atoms with Gasteiger partial charge in [0.1, 0.15) is 11.8 Å². The third-order valence-corrected chi connectivity index (χ3v) is 5.63. The van der Waals surface area contributed by atoms with Crippen LogP contribution in [0.3, 0.4) is 0 Å². The van der Waals surface area contributed by atoms with Gasteiger partial charge in [0.25, 0.3) is 0 Å². The van der Waals surface area contributed by atoms with Gasteiger partial charge in [-0.1, -0.05) is 47.6 Å². The van der Waals surface area contributed by atoms with E-state index in [0.717, 1.165) is 34.6 Å². The molecule has 33 heavy (non-hydrogen) atoms. The highest BCUT2D eigenvalue weighted by atomic mass is 16.4. The molecule has 4 aromatic rings. The van der Waals surface area contributed by atoms with Crippen molar-refractivity contribution in [3.8, 4) is 17.3 Å². The third kappa shape index (κ3) is 5.46. The lowest BCUT2D eigenvalue weighted by atomic mass is 9.98. The van der Waals surface area contributed by atoms with E-state index in [2.05, 4.69) is 15.1 Å². The van der Waals surface area contributed by atoms with Crippen LogP contribution >= 0.6 is 0 Å². The van der Waals surface area contributed by atoms with E-state index in [-0.39, 0.29) is 11.6 Å². The van der Waals surface area contributed by atoms with Crippen molar-refractivity contribution in [1.82, 2.24) is 9.97 Å². The van der Waals surface area contributed by atoms with Crippen LogP contribution in [0.2, 0.25) is 0 Å². The van der Waals surface area contributed by atoms with Gasteiger partial charge in [-0.2, -0.15) is 4.91 Å². The summed E-state index contributed by atoms with van der Waals surface area (Å²) < 4.78 is 10.7. The Hall–Kier alpha value is -3.94. The minimum atomic E-state index is -0.656. The van der Waals surface area contributed by atoms with Crippen molar-refractivity contribution in [2.75, 3.05) is 0 Å². The standard InChI is InChI=1S/C25H25N3O5/c1-16-20(26-24(32-16)19-7-3-2-4-8-19)14-15-21(28-31)18-12-10-17(11-13-18)6-5-9-22-23(29)27-25(30)33-22/h2-4,7-8,10-13,21,29H,5-6,9,14-15H2,1H3,(H,27,30). The predicted molar refractivity (Wildman–Crippen MR) is 123 cm³/mol. The summed E-state index contributed by atoms with van der Waals surface area (Å²) in [7, 11) is 0. The summed E-state index contributed by atoms with van der Waals surface area (Å²) in [5, 5.41) is 12.9. The molecule has 0 aliphatic rings. The second-order valence-corrected chi connectivity index (χ2v) is 7.93. The van der Waals surface area contributed by atoms with Crippen molar-refractivity contribution in [3.05, 3.63) is 98.4 Å². The Morgan fingerprint density at radius 3 is 2.45 bits per heavy atom. The Morgan fingerprint density at radius 1 is 1.03 bits per heavy atom. The van der Waals surface area contributed by atoms with E-state index in [9.17, 15) is 14.8 Å². The van der Waals surface area contributed by atoms with Gasteiger partial charge in [0.15, 0.2) is 5.76 Å². The molecular weight excluding hydrogens is 422 g/mol. The SMILES string of the molecule is Cc1oc(-c2ccccc2)nc1CCC(N=O)c1ccc(CCCc2oc(=O)[nH]c2O)cc1. The molecule has 0 saturated carbocycles. The Morgan fingerprint density at radius 2 is 1.79 bits per heavy atom. The first-order valence-electron chi connectivity index (χ1n) is 10.9. The van der Waals surface area contributed by atoms with Gasteiger partial charge in [-0.3, -0.25) is 4.98 Å². The highest BCUT2D eigenvalue weighted by Crippen LogP contribution is 2.27. The van der Waals surface area contributed by atoms with E-state index in [1.807, 2.05) is 61.5 Å². The summed E-state index contributed by atoms with van der Waals surface area (Å²) in [6.07, 6.45) is 3.03. The zero-order chi connectivity index (χ0) is 23.2. The van der Waals surface area contributed by atoms with Crippen LogP contribution in [0, 0.1) is 11.8 Å². The first kappa shape index (κ1) is 22.3. The number of oxazole rings is 2. The van der Waals surface area contributed by atoms with Crippen molar-refractivity contribution in [2.45, 2.75) is 45.1 Å². The molecule has 170 valence electrons. The lowest BCUT2D eigenvalue weighted by Crippen LogP contribution is -1.99. The van der Waals surface area contributed by atoms with Crippen LogP contribution in [-0.4, -0.2) is 15.1 Å². The number of hydrogen-bond donors (Lipinski definition) is 2. The second-order valence-electron chi connectivity index (χ2n) is 7.93. The first-order valence-corrected chi connectivity index (χ1v) is 10.9. The number of H-pyrrole nitrogens is 1. The van der Waals surface area contributed by atoms with Crippen molar-refractivity contribution < 1.29 is 13.9 Å². The molecule has 0 radical (unpaired) electrons. The number of aromatic amines is 1. The van der Waals surface area contributed by atoms with Gasteiger partial charge >= 0.3 is 5.76 Å². The Labute approximate surface area is 190 Å². The molecule has 0 spiro atoms. The molecule has 8 nitrogen and oxygen atoms in total. The molecule has 2 N–H and O–H groups in total. The highest BCUT2D eigenvalue weighted by molar-refractivity contribution is 5.53. The Kier molecular flexibility index (Phi) is 6.83. The summed E-state index contributed by atoms with van der Waals surface area (Å²) in [6, 6.07) is 17.0. The number of rotatable bonds is 10. The van der Waals surface area contributed by atoms with Crippen LogP contribution in [0.1, 0.15) is 47.2 Å². The summed E-state index contributed by atoms with van der Waals surface area (Å²) in [6.45, 7) is 1.88. The van der Waals surface area contributed by atoms with Crippen LogP contribution < -0.4 is 5.76 Å². The van der Waals surface area contributed by atoms with E-state index in [1.54, 1.807) is 0 Å². The molecule has 0 aliphatic heterocycles. The summed E-state index contributed by atoms with van der Waals surface area (Å²) in [4.78, 5) is 29.4. The number of nitroso groups, excluding NO2 is 1. The third-order valence-electron chi connectivity index (χ3n) is 5.63. The molecule has 0 bridgehead atoms. The lowest BCUT2D eigenvalue weighted by Gasteiger charge is -2.10. The van der Waals surface area contributed by atoms with E-state index < -0.39 is 11.8 Å². The smallest absolute Gasteiger partial charge is 0.419 e. The van der Waals surface area contributed by atoms with Gasteiger partial charge in [-0.25, -0.2) is 9.78 Å². The minimum Gasteiger partial charge on any atom is -0.492 e. The van der Waals surface area contributed by atoms with Crippen molar-refractivity contribution in [2.24, 2.45) is 5.18 Å². The maximum atomic E-state index is 11.5. The molecular formula is C25H25N3O5. The fourth-order valence-electron chi connectivity index (χ4n) is 3.80. The van der Waals surface area contributed by atoms with E-state index in [4.69, 9.17) is 8.83 Å². The minimum absolute atomic E-state index is 0.214. The van der Waals surface area contributed by atoms with E-state index in [1.165, 1.54) is 0 Å². The second kappa shape index (κ2) is 10.1.